The van der Waals surface area contributed by atoms with E-state index in [-0.39, 0.29) is 16.7 Å². The molecule has 0 fully saturated rings. The molecule has 0 aliphatic rings. The van der Waals surface area contributed by atoms with Crippen LogP contribution in [0.2, 0.25) is 4.47 Å². The molecule has 1 aromatic heterocycles. The van der Waals surface area contributed by atoms with Crippen molar-refractivity contribution in [3.8, 4) is 0 Å². The number of nitrogens with one attached hydrogen (secondary N) is 1. The Morgan fingerprint density at radius 1 is 1.40 bits per heavy atom. The quantitative estimate of drug-likeness (QED) is 0.655. The zero-order valence-electron chi connectivity index (χ0n) is 9.67. The van der Waals surface area contributed by atoms with Gasteiger partial charge in [-0.05, 0) is 45.9 Å². The van der Waals surface area contributed by atoms with Crippen molar-refractivity contribution in [1.29, 1.82) is 0 Å². The largest absolute Gasteiger partial charge is 0.446 e. The molecule has 1 N–H and O–H groups in total. The van der Waals surface area contributed by atoms with Crippen molar-refractivity contribution in [3.63, 3.8) is 0 Å². The summed E-state index contributed by atoms with van der Waals surface area (Å²) in [5.41, 5.74) is -3.57. The van der Waals surface area contributed by atoms with E-state index in [1.165, 1.54) is 23.5 Å². The molecule has 0 amide bonds. The average molecular weight is 404 g/mol. The van der Waals surface area contributed by atoms with Crippen LogP contribution in [-0.4, -0.2) is 10.5 Å². The van der Waals surface area contributed by atoms with Crippen LogP contribution >= 0.6 is 50.6 Å². The summed E-state index contributed by atoms with van der Waals surface area (Å²) in [7, 11) is 0. The van der Waals surface area contributed by atoms with Crippen molar-refractivity contribution in [1.82, 2.24) is 4.98 Å². The number of thiazole rings is 1. The van der Waals surface area contributed by atoms with Crippen molar-refractivity contribution in [2.24, 2.45) is 0 Å². The fourth-order valence-corrected chi connectivity index (χ4v) is 3.55. The number of halogens is 5. The second kappa shape index (κ2) is 6.55. The molecule has 2 rings (SSSR count). The van der Waals surface area contributed by atoms with Gasteiger partial charge in [0.15, 0.2) is 4.47 Å². The predicted octanol–water partition coefficient (Wildman–Crippen LogP) is 5.78. The van der Waals surface area contributed by atoms with Crippen LogP contribution in [0, 0.1) is 0 Å². The van der Waals surface area contributed by atoms with Crippen molar-refractivity contribution in [3.05, 3.63) is 38.2 Å². The summed E-state index contributed by atoms with van der Waals surface area (Å²) in [6, 6.07) is 4.45. The molecule has 0 saturated carbocycles. The Morgan fingerprint density at radius 2 is 2.15 bits per heavy atom. The Labute approximate surface area is 134 Å². The zero-order chi connectivity index (χ0) is 14.8. The van der Waals surface area contributed by atoms with Gasteiger partial charge in [0.2, 0.25) is 0 Å². The molecule has 9 heteroatoms. The number of benzene rings is 1. The Balaban J connectivity index is 2.02. The second-order valence-corrected chi connectivity index (χ2v) is 7.31. The molecule has 0 aliphatic heterocycles. The molecule has 0 saturated heterocycles. The Bertz CT molecular complexity index is 604. The van der Waals surface area contributed by atoms with E-state index >= 15 is 0 Å². The molecule has 108 valence electrons. The lowest BCUT2D eigenvalue weighted by atomic mass is 10.3. The van der Waals surface area contributed by atoms with E-state index < -0.39 is 5.51 Å². The third kappa shape index (κ3) is 4.83. The third-order valence-electron chi connectivity index (χ3n) is 2.15. The number of hydrogen-bond acceptors (Lipinski definition) is 4. The van der Waals surface area contributed by atoms with Crippen LogP contribution in [0.25, 0.3) is 0 Å². The Kier molecular flexibility index (Phi) is 5.22. The SMILES string of the molecule is FC(F)(F)Sc1ccc(NCc2cnc(Cl)s2)c(Br)c1. The number of thioether (sulfide) groups is 1. The highest BCUT2D eigenvalue weighted by molar-refractivity contribution is 9.10. The summed E-state index contributed by atoms with van der Waals surface area (Å²) in [5, 5.41) is 3.11. The first kappa shape index (κ1) is 15.9. The van der Waals surface area contributed by atoms with Crippen LogP contribution in [0.15, 0.2) is 33.8 Å². The normalized spacial score (nSPS) is 11.7. The lowest BCUT2D eigenvalue weighted by Crippen LogP contribution is -2.00. The molecule has 1 aromatic carbocycles. The number of aromatic nitrogens is 1. The fourth-order valence-electron chi connectivity index (χ4n) is 1.38. The molecular formula is C11H7BrClF3N2S2. The number of rotatable bonds is 4. The molecule has 2 aromatic rings. The van der Waals surface area contributed by atoms with Gasteiger partial charge >= 0.3 is 5.51 Å². The van der Waals surface area contributed by atoms with Crippen LogP contribution in [-0.2, 0) is 6.54 Å². The smallest absolute Gasteiger partial charge is 0.379 e. The maximum atomic E-state index is 12.3. The van der Waals surface area contributed by atoms with E-state index in [4.69, 9.17) is 11.6 Å². The highest BCUT2D eigenvalue weighted by Crippen LogP contribution is 2.39. The third-order valence-corrected chi connectivity index (χ3v) is 4.64. The number of nitrogens with zero attached hydrogens (tertiary/aromatic N) is 1. The molecule has 0 bridgehead atoms. The van der Waals surface area contributed by atoms with Gasteiger partial charge in [0.1, 0.15) is 0 Å². The molecule has 1 heterocycles. The van der Waals surface area contributed by atoms with Crippen molar-refractivity contribution < 1.29 is 13.2 Å². The highest BCUT2D eigenvalue weighted by atomic mass is 79.9. The van der Waals surface area contributed by atoms with Gasteiger partial charge in [-0.1, -0.05) is 11.6 Å². The van der Waals surface area contributed by atoms with Crippen LogP contribution in [0.1, 0.15) is 4.88 Å². The topological polar surface area (TPSA) is 24.9 Å². The Hall–Kier alpha value is -0.440. The molecule has 2 nitrogen and oxygen atoms in total. The molecule has 0 radical (unpaired) electrons. The minimum Gasteiger partial charge on any atom is -0.379 e. The van der Waals surface area contributed by atoms with Gasteiger partial charge < -0.3 is 5.32 Å². The lowest BCUT2D eigenvalue weighted by Gasteiger charge is -2.10. The average Bonchev–Trinajstić information content (AvgIpc) is 2.72. The number of anilines is 1. The maximum absolute atomic E-state index is 12.3. The Morgan fingerprint density at radius 3 is 2.70 bits per heavy atom. The van der Waals surface area contributed by atoms with E-state index in [1.807, 2.05) is 0 Å². The standard InChI is InChI=1S/C11H7BrClF3N2S2/c12-8-3-6(20-11(14,15)16)1-2-9(8)17-4-7-5-18-10(13)19-7/h1-3,5,17H,4H2. The summed E-state index contributed by atoms with van der Waals surface area (Å²) in [5.74, 6) is 0. The minimum absolute atomic E-state index is 0.135. The molecule has 0 atom stereocenters. The van der Waals surface area contributed by atoms with Crippen LogP contribution in [0.3, 0.4) is 0 Å². The summed E-state index contributed by atoms with van der Waals surface area (Å²) in [6.45, 7) is 0.509. The van der Waals surface area contributed by atoms with E-state index in [2.05, 4.69) is 26.2 Å². The van der Waals surface area contributed by atoms with Gasteiger partial charge in [0.25, 0.3) is 0 Å². The van der Waals surface area contributed by atoms with E-state index in [0.717, 1.165) is 4.88 Å². The van der Waals surface area contributed by atoms with Gasteiger partial charge in [-0.3, -0.25) is 0 Å². The maximum Gasteiger partial charge on any atom is 0.446 e. The van der Waals surface area contributed by atoms with Crippen molar-refractivity contribution in [2.75, 3.05) is 5.32 Å². The molecule has 0 unspecified atom stereocenters. The molecular weight excluding hydrogens is 397 g/mol. The predicted molar refractivity (Wildman–Crippen MR) is 80.5 cm³/mol. The van der Waals surface area contributed by atoms with Crippen LogP contribution in [0.4, 0.5) is 18.9 Å². The van der Waals surface area contributed by atoms with Gasteiger partial charge in [-0.2, -0.15) is 13.2 Å². The minimum atomic E-state index is -4.28. The lowest BCUT2D eigenvalue weighted by molar-refractivity contribution is -0.0328. The second-order valence-electron chi connectivity index (χ2n) is 3.62. The monoisotopic (exact) mass is 402 g/mol. The summed E-state index contributed by atoms with van der Waals surface area (Å²) >= 11 is 10.2. The van der Waals surface area contributed by atoms with E-state index in [9.17, 15) is 13.2 Å². The van der Waals surface area contributed by atoms with Crippen LogP contribution < -0.4 is 5.32 Å². The first-order chi connectivity index (χ1) is 9.33. The van der Waals surface area contributed by atoms with Crippen molar-refractivity contribution >= 4 is 56.3 Å². The van der Waals surface area contributed by atoms with E-state index in [1.54, 1.807) is 12.3 Å². The first-order valence-corrected chi connectivity index (χ1v) is 8.03. The van der Waals surface area contributed by atoms with Crippen LogP contribution in [0.5, 0.6) is 0 Å². The molecule has 20 heavy (non-hydrogen) atoms. The van der Waals surface area contributed by atoms with E-state index in [0.29, 0.717) is 21.2 Å². The summed E-state index contributed by atoms with van der Waals surface area (Å²) in [6.07, 6.45) is 1.65. The summed E-state index contributed by atoms with van der Waals surface area (Å²) < 4.78 is 37.8. The number of hydrogen-bond donors (Lipinski definition) is 1. The van der Waals surface area contributed by atoms with Gasteiger partial charge in [-0.15, -0.1) is 11.3 Å². The van der Waals surface area contributed by atoms with Gasteiger partial charge in [0, 0.05) is 26.1 Å². The fraction of sp³-hybridized carbons (Fsp3) is 0.182. The molecule has 0 aliphatic carbocycles. The highest BCUT2D eigenvalue weighted by Gasteiger charge is 2.29. The molecule has 0 spiro atoms. The zero-order valence-corrected chi connectivity index (χ0v) is 13.6. The number of alkyl halides is 3. The first-order valence-electron chi connectivity index (χ1n) is 5.23. The van der Waals surface area contributed by atoms with Crippen molar-refractivity contribution in [2.45, 2.75) is 16.9 Å². The van der Waals surface area contributed by atoms with Gasteiger partial charge in [0.05, 0.1) is 6.54 Å². The summed E-state index contributed by atoms with van der Waals surface area (Å²) in [4.78, 5) is 4.99. The van der Waals surface area contributed by atoms with Gasteiger partial charge in [-0.25, -0.2) is 4.98 Å².